The summed E-state index contributed by atoms with van der Waals surface area (Å²) in [6, 6.07) is 5.13. The van der Waals surface area contributed by atoms with E-state index in [1.807, 2.05) is 13.8 Å². The first-order chi connectivity index (χ1) is 6.56. The molecule has 0 fully saturated rings. The lowest BCUT2D eigenvalue weighted by Crippen LogP contribution is -2.04. The fourth-order valence-corrected chi connectivity index (χ4v) is 1.35. The Hall–Kier alpha value is -1.51. The van der Waals surface area contributed by atoms with Gasteiger partial charge in [0, 0.05) is 0 Å². The van der Waals surface area contributed by atoms with E-state index in [4.69, 9.17) is 9.84 Å². The van der Waals surface area contributed by atoms with Gasteiger partial charge in [0.1, 0.15) is 5.75 Å². The number of hydrogen-bond donors (Lipinski definition) is 1. The number of ether oxygens (including phenoxy) is 1. The Morgan fingerprint density at radius 3 is 2.50 bits per heavy atom. The molecule has 1 rings (SSSR count). The summed E-state index contributed by atoms with van der Waals surface area (Å²) in [4.78, 5) is 10.9. The Labute approximate surface area is 83.3 Å². The van der Waals surface area contributed by atoms with Gasteiger partial charge in [-0.1, -0.05) is 19.9 Å². The van der Waals surface area contributed by atoms with Crippen molar-refractivity contribution in [3.8, 4) is 5.75 Å². The van der Waals surface area contributed by atoms with E-state index >= 15 is 0 Å². The fraction of sp³-hybridized carbons (Fsp3) is 0.364. The van der Waals surface area contributed by atoms with Crippen LogP contribution in [0.3, 0.4) is 0 Å². The first kappa shape index (κ1) is 10.6. The van der Waals surface area contributed by atoms with Gasteiger partial charge < -0.3 is 9.84 Å². The van der Waals surface area contributed by atoms with Gasteiger partial charge in [0.05, 0.1) is 12.7 Å². The van der Waals surface area contributed by atoms with Gasteiger partial charge in [0.15, 0.2) is 0 Å². The fourth-order valence-electron chi connectivity index (χ4n) is 1.35. The molecule has 14 heavy (non-hydrogen) atoms. The lowest BCUT2D eigenvalue weighted by molar-refractivity contribution is 0.0695. The van der Waals surface area contributed by atoms with Gasteiger partial charge in [-0.2, -0.15) is 0 Å². The highest BCUT2D eigenvalue weighted by Gasteiger charge is 2.13. The molecule has 76 valence electrons. The third kappa shape index (κ3) is 2.05. The third-order valence-electron chi connectivity index (χ3n) is 2.11. The van der Waals surface area contributed by atoms with Gasteiger partial charge in [-0.25, -0.2) is 4.79 Å². The van der Waals surface area contributed by atoms with Crippen molar-refractivity contribution in [2.75, 3.05) is 7.11 Å². The van der Waals surface area contributed by atoms with Crippen molar-refractivity contribution >= 4 is 5.97 Å². The van der Waals surface area contributed by atoms with Crippen LogP contribution in [-0.4, -0.2) is 18.2 Å². The van der Waals surface area contributed by atoms with Crippen molar-refractivity contribution < 1.29 is 14.6 Å². The molecule has 0 heterocycles. The van der Waals surface area contributed by atoms with Crippen LogP contribution in [0.5, 0.6) is 5.75 Å². The molecule has 3 nitrogen and oxygen atoms in total. The Balaban J connectivity index is 3.24. The molecule has 0 aliphatic rings. The highest BCUT2D eigenvalue weighted by atomic mass is 16.5. The van der Waals surface area contributed by atoms with E-state index < -0.39 is 5.97 Å². The molecule has 1 aromatic carbocycles. The molecule has 0 aliphatic carbocycles. The summed E-state index contributed by atoms with van der Waals surface area (Å²) in [5.41, 5.74) is 1.15. The summed E-state index contributed by atoms with van der Waals surface area (Å²) in [5, 5.41) is 8.98. The smallest absolute Gasteiger partial charge is 0.336 e. The largest absolute Gasteiger partial charge is 0.497 e. The summed E-state index contributed by atoms with van der Waals surface area (Å²) in [6.07, 6.45) is 0. The van der Waals surface area contributed by atoms with Gasteiger partial charge in [-0.15, -0.1) is 0 Å². The van der Waals surface area contributed by atoms with Crippen LogP contribution in [-0.2, 0) is 0 Å². The van der Waals surface area contributed by atoms with Crippen LogP contribution in [0.1, 0.15) is 35.7 Å². The van der Waals surface area contributed by atoms with Crippen molar-refractivity contribution in [1.82, 2.24) is 0 Å². The van der Waals surface area contributed by atoms with Crippen LogP contribution < -0.4 is 4.74 Å². The maximum absolute atomic E-state index is 10.9. The number of carbonyl (C=O) groups is 1. The lowest BCUT2D eigenvalue weighted by atomic mass is 9.97. The molecule has 0 radical (unpaired) electrons. The van der Waals surface area contributed by atoms with Crippen LogP contribution in [0.2, 0.25) is 0 Å². The lowest BCUT2D eigenvalue weighted by Gasteiger charge is -2.10. The predicted molar refractivity (Wildman–Crippen MR) is 54.0 cm³/mol. The molecule has 0 unspecified atom stereocenters. The highest BCUT2D eigenvalue weighted by Crippen LogP contribution is 2.23. The molecule has 0 saturated heterocycles. The van der Waals surface area contributed by atoms with Crippen LogP contribution >= 0.6 is 0 Å². The summed E-state index contributed by atoms with van der Waals surface area (Å²) in [5.74, 6) is -0.133. The van der Waals surface area contributed by atoms with Gasteiger partial charge in [0.25, 0.3) is 0 Å². The molecule has 0 bridgehead atoms. The molecule has 0 spiro atoms. The van der Waals surface area contributed by atoms with E-state index in [1.54, 1.807) is 18.2 Å². The first-order valence-corrected chi connectivity index (χ1v) is 4.47. The monoisotopic (exact) mass is 194 g/mol. The minimum absolute atomic E-state index is 0.201. The van der Waals surface area contributed by atoms with Crippen LogP contribution in [0.15, 0.2) is 18.2 Å². The maximum atomic E-state index is 10.9. The average Bonchev–Trinajstić information content (AvgIpc) is 2.16. The second kappa shape index (κ2) is 4.13. The van der Waals surface area contributed by atoms with E-state index in [9.17, 15) is 4.79 Å². The van der Waals surface area contributed by atoms with E-state index in [2.05, 4.69) is 0 Å². The molecule has 0 saturated carbocycles. The number of carboxylic acid groups (broad SMARTS) is 1. The minimum Gasteiger partial charge on any atom is -0.497 e. The summed E-state index contributed by atoms with van der Waals surface area (Å²) in [6.45, 7) is 3.93. The van der Waals surface area contributed by atoms with Crippen LogP contribution in [0, 0.1) is 0 Å². The Morgan fingerprint density at radius 2 is 2.07 bits per heavy atom. The molecule has 1 aromatic rings. The van der Waals surface area contributed by atoms with Crippen molar-refractivity contribution in [2.45, 2.75) is 19.8 Å². The van der Waals surface area contributed by atoms with E-state index in [-0.39, 0.29) is 5.92 Å². The maximum Gasteiger partial charge on any atom is 0.336 e. The topological polar surface area (TPSA) is 46.5 Å². The molecule has 0 amide bonds. The molecular weight excluding hydrogens is 180 g/mol. The zero-order valence-electron chi connectivity index (χ0n) is 8.57. The summed E-state index contributed by atoms with van der Waals surface area (Å²) in [7, 11) is 1.52. The van der Waals surface area contributed by atoms with Crippen molar-refractivity contribution in [3.63, 3.8) is 0 Å². The SMILES string of the molecule is COc1ccc(C(C)C)c(C(=O)O)c1. The number of rotatable bonds is 3. The van der Waals surface area contributed by atoms with Gasteiger partial charge in [-0.05, 0) is 23.6 Å². The van der Waals surface area contributed by atoms with Gasteiger partial charge in [-0.3, -0.25) is 0 Å². The van der Waals surface area contributed by atoms with Crippen molar-refractivity contribution in [2.24, 2.45) is 0 Å². The summed E-state index contributed by atoms with van der Waals surface area (Å²) >= 11 is 0. The number of benzene rings is 1. The first-order valence-electron chi connectivity index (χ1n) is 4.47. The number of aromatic carboxylic acids is 1. The Morgan fingerprint density at radius 1 is 1.43 bits per heavy atom. The van der Waals surface area contributed by atoms with Gasteiger partial charge in [0.2, 0.25) is 0 Å². The second-order valence-electron chi connectivity index (χ2n) is 3.41. The average molecular weight is 194 g/mol. The normalized spacial score (nSPS) is 10.3. The minimum atomic E-state index is -0.910. The number of hydrogen-bond acceptors (Lipinski definition) is 2. The molecule has 1 N–H and O–H groups in total. The Bertz CT molecular complexity index is 342. The van der Waals surface area contributed by atoms with Gasteiger partial charge >= 0.3 is 5.97 Å². The third-order valence-corrected chi connectivity index (χ3v) is 2.11. The zero-order valence-corrected chi connectivity index (χ0v) is 8.57. The van der Waals surface area contributed by atoms with E-state index in [1.165, 1.54) is 7.11 Å². The van der Waals surface area contributed by atoms with Crippen LogP contribution in [0.25, 0.3) is 0 Å². The quantitative estimate of drug-likeness (QED) is 0.804. The predicted octanol–water partition coefficient (Wildman–Crippen LogP) is 2.52. The van der Waals surface area contributed by atoms with E-state index in [0.717, 1.165) is 5.56 Å². The standard InChI is InChI=1S/C11H14O3/c1-7(2)9-5-4-8(14-3)6-10(9)11(12)13/h4-7H,1-3H3,(H,12,13). The van der Waals surface area contributed by atoms with Crippen molar-refractivity contribution in [3.05, 3.63) is 29.3 Å². The van der Waals surface area contributed by atoms with Crippen LogP contribution in [0.4, 0.5) is 0 Å². The molecule has 3 heteroatoms. The molecular formula is C11H14O3. The molecule has 0 aromatic heterocycles. The Kier molecular flexibility index (Phi) is 3.12. The van der Waals surface area contributed by atoms with Crippen molar-refractivity contribution in [1.29, 1.82) is 0 Å². The molecule has 0 atom stereocenters. The van der Waals surface area contributed by atoms with E-state index in [0.29, 0.717) is 11.3 Å². The number of carboxylic acids is 1. The molecule has 0 aliphatic heterocycles. The number of methoxy groups -OCH3 is 1. The second-order valence-corrected chi connectivity index (χ2v) is 3.41. The zero-order chi connectivity index (χ0) is 10.7. The highest BCUT2D eigenvalue weighted by molar-refractivity contribution is 5.90. The summed E-state index contributed by atoms with van der Waals surface area (Å²) < 4.78 is 4.98.